The zero-order valence-corrected chi connectivity index (χ0v) is 37.0. The van der Waals surface area contributed by atoms with Gasteiger partial charge in [0.2, 0.25) is 17.7 Å². The van der Waals surface area contributed by atoms with Gasteiger partial charge in [-0.2, -0.15) is 0 Å². The molecule has 2 aliphatic rings. The van der Waals surface area contributed by atoms with Crippen LogP contribution in [0.25, 0.3) is 0 Å². The van der Waals surface area contributed by atoms with Gasteiger partial charge in [0, 0.05) is 64.6 Å². The number of imide groups is 2. The topological polar surface area (TPSA) is 271 Å². The van der Waals surface area contributed by atoms with Crippen molar-refractivity contribution in [3.63, 3.8) is 0 Å². The summed E-state index contributed by atoms with van der Waals surface area (Å²) in [6.07, 6.45) is 3.51. The molecule has 3 N–H and O–H groups in total. The van der Waals surface area contributed by atoms with E-state index in [2.05, 4.69) is 16.0 Å². The van der Waals surface area contributed by atoms with Crippen LogP contribution in [0.2, 0.25) is 0 Å². The Morgan fingerprint density at radius 3 is 1.53 bits per heavy atom. The number of carbonyl (C=O) groups is 8. The molecule has 0 spiro atoms. The first-order chi connectivity index (χ1) is 31.1. The minimum Gasteiger partial charge on any atom is -0.382 e. The van der Waals surface area contributed by atoms with Gasteiger partial charge >= 0.3 is 5.97 Å². The van der Waals surface area contributed by atoms with Crippen molar-refractivity contribution >= 4 is 47.3 Å². The summed E-state index contributed by atoms with van der Waals surface area (Å²) >= 11 is 0. The normalized spacial score (nSPS) is 14.1. The molecule has 23 heteroatoms. The van der Waals surface area contributed by atoms with Gasteiger partial charge in [0.1, 0.15) is 12.6 Å². The lowest BCUT2D eigenvalue weighted by molar-refractivity contribution is -0.197. The lowest BCUT2D eigenvalue weighted by Crippen LogP contribution is -2.47. The zero-order chi connectivity index (χ0) is 46.5. The van der Waals surface area contributed by atoms with Crippen molar-refractivity contribution in [2.75, 3.05) is 139 Å². The van der Waals surface area contributed by atoms with Gasteiger partial charge in [0.15, 0.2) is 0 Å². The Balaban J connectivity index is 1.47. The second kappa shape index (κ2) is 36.8. The third-order valence-corrected chi connectivity index (χ3v) is 8.90. The van der Waals surface area contributed by atoms with Crippen molar-refractivity contribution in [1.82, 2.24) is 25.9 Å². The number of hydrogen-bond donors (Lipinski definition) is 3. The van der Waals surface area contributed by atoms with Gasteiger partial charge in [0.25, 0.3) is 23.6 Å². The lowest BCUT2D eigenvalue weighted by atomic mass is 10.1. The molecule has 0 aromatic rings. The predicted octanol–water partition coefficient (Wildman–Crippen LogP) is -1.25. The molecule has 2 rings (SSSR count). The highest BCUT2D eigenvalue weighted by atomic mass is 16.7. The smallest absolute Gasteiger partial charge is 0.333 e. The summed E-state index contributed by atoms with van der Waals surface area (Å²) in [5.41, 5.74) is 0. The molecule has 0 aromatic carbocycles. The molecule has 0 bridgehead atoms. The Kier molecular flexibility index (Phi) is 32.0. The molecule has 1 atom stereocenters. The molecule has 2 heterocycles. The summed E-state index contributed by atoms with van der Waals surface area (Å²) in [7, 11) is 1.63. The van der Waals surface area contributed by atoms with Crippen LogP contribution in [0.4, 0.5) is 0 Å². The number of ether oxygens (including phenoxy) is 9. The minimum absolute atomic E-state index is 0.0299. The van der Waals surface area contributed by atoms with Gasteiger partial charge in [-0.3, -0.25) is 38.5 Å². The van der Waals surface area contributed by atoms with E-state index in [1.807, 2.05) is 0 Å². The summed E-state index contributed by atoms with van der Waals surface area (Å²) in [4.78, 5) is 103. The molecule has 2 aliphatic heterocycles. The Morgan fingerprint density at radius 1 is 0.562 bits per heavy atom. The average molecular weight is 918 g/mol. The molecular weight excluding hydrogens is 850 g/mol. The second-order valence-electron chi connectivity index (χ2n) is 14.0. The molecule has 0 unspecified atom stereocenters. The van der Waals surface area contributed by atoms with E-state index in [0.29, 0.717) is 117 Å². The van der Waals surface area contributed by atoms with Crippen LogP contribution in [0.15, 0.2) is 12.2 Å². The third kappa shape index (κ3) is 27.7. The third-order valence-electron chi connectivity index (χ3n) is 8.90. The number of nitrogens with one attached hydrogen (secondary N) is 3. The van der Waals surface area contributed by atoms with Gasteiger partial charge in [0.05, 0.1) is 106 Å². The minimum atomic E-state index is -0.948. The molecule has 0 aliphatic carbocycles. The number of amides is 7. The lowest BCUT2D eigenvalue weighted by Gasteiger charge is -2.19. The van der Waals surface area contributed by atoms with Gasteiger partial charge < -0.3 is 63.4 Å². The van der Waals surface area contributed by atoms with E-state index in [1.165, 1.54) is 0 Å². The van der Waals surface area contributed by atoms with E-state index >= 15 is 0 Å². The van der Waals surface area contributed by atoms with E-state index in [1.54, 1.807) is 7.11 Å². The first-order valence-corrected chi connectivity index (χ1v) is 21.7. The number of methoxy groups -OCH3 is 1. The summed E-state index contributed by atoms with van der Waals surface area (Å²) < 4.78 is 48.2. The second-order valence-corrected chi connectivity index (χ2v) is 14.0. The molecule has 1 saturated heterocycles. The van der Waals surface area contributed by atoms with Crippen molar-refractivity contribution in [3.8, 4) is 0 Å². The molecule has 7 amide bonds. The molecule has 0 saturated carbocycles. The number of carbonyl (C=O) groups excluding carboxylic acids is 8. The number of unbranched alkanes of at least 4 members (excludes halogenated alkanes) is 1. The zero-order valence-electron chi connectivity index (χ0n) is 37.0. The van der Waals surface area contributed by atoms with Crippen molar-refractivity contribution in [1.29, 1.82) is 0 Å². The fourth-order valence-electron chi connectivity index (χ4n) is 5.56. The first-order valence-electron chi connectivity index (χ1n) is 21.7. The van der Waals surface area contributed by atoms with Crippen molar-refractivity contribution in [3.05, 3.63) is 12.2 Å². The largest absolute Gasteiger partial charge is 0.382 e. The Labute approximate surface area is 373 Å². The van der Waals surface area contributed by atoms with E-state index in [-0.39, 0.29) is 83.8 Å². The van der Waals surface area contributed by atoms with Crippen molar-refractivity contribution in [2.45, 2.75) is 63.8 Å². The summed E-state index contributed by atoms with van der Waals surface area (Å²) in [5.74, 6) is -4.21. The molecular formula is C41H67N5O18. The SMILES string of the molecule is COCCOCCOCCOCCOCCOCCOCCOCCOCC(=O)NCCCC[C@H](NC(=O)CCCN1C(=O)C=CC1=O)C(=O)NCCCC(=O)ON1C(=O)CCC1=O. The molecule has 0 radical (unpaired) electrons. The Bertz CT molecular complexity index is 1400. The number of hydrogen-bond acceptors (Lipinski definition) is 18. The van der Waals surface area contributed by atoms with Crippen LogP contribution in [-0.4, -0.2) is 202 Å². The maximum absolute atomic E-state index is 13.0. The van der Waals surface area contributed by atoms with Crippen molar-refractivity contribution < 1.29 is 85.8 Å². The highest BCUT2D eigenvalue weighted by Crippen LogP contribution is 2.13. The van der Waals surface area contributed by atoms with Crippen LogP contribution < -0.4 is 16.0 Å². The van der Waals surface area contributed by atoms with E-state index in [9.17, 15) is 38.4 Å². The summed E-state index contributed by atoms with van der Waals surface area (Å²) in [6.45, 7) is 7.19. The fraction of sp³-hybridized carbons (Fsp3) is 0.756. The monoisotopic (exact) mass is 917 g/mol. The van der Waals surface area contributed by atoms with E-state index in [4.69, 9.17) is 47.5 Å². The summed E-state index contributed by atoms with van der Waals surface area (Å²) in [5, 5.41) is 8.53. The van der Waals surface area contributed by atoms with Gasteiger partial charge in [-0.15, -0.1) is 5.06 Å². The molecule has 1 fully saturated rings. The van der Waals surface area contributed by atoms with Gasteiger partial charge in [-0.05, 0) is 32.1 Å². The predicted molar refractivity (Wildman–Crippen MR) is 222 cm³/mol. The van der Waals surface area contributed by atoms with Crippen LogP contribution >= 0.6 is 0 Å². The maximum Gasteiger partial charge on any atom is 0.333 e. The maximum atomic E-state index is 13.0. The van der Waals surface area contributed by atoms with Crippen LogP contribution in [0.5, 0.6) is 0 Å². The van der Waals surface area contributed by atoms with Crippen LogP contribution in [0, 0.1) is 0 Å². The van der Waals surface area contributed by atoms with Crippen LogP contribution in [-0.2, 0) is 85.8 Å². The van der Waals surface area contributed by atoms with Gasteiger partial charge in [-0.1, -0.05) is 0 Å². The molecule has 23 nitrogen and oxygen atoms in total. The quantitative estimate of drug-likeness (QED) is 0.0477. The van der Waals surface area contributed by atoms with Crippen molar-refractivity contribution in [2.24, 2.45) is 0 Å². The Morgan fingerprint density at radius 2 is 1.03 bits per heavy atom. The Hall–Kier alpha value is -4.46. The van der Waals surface area contributed by atoms with Crippen LogP contribution in [0.3, 0.4) is 0 Å². The van der Waals surface area contributed by atoms with E-state index in [0.717, 1.165) is 17.1 Å². The summed E-state index contributed by atoms with van der Waals surface area (Å²) in [6, 6.07) is -0.948. The highest BCUT2D eigenvalue weighted by Gasteiger charge is 2.32. The van der Waals surface area contributed by atoms with Gasteiger partial charge in [-0.25, -0.2) is 4.79 Å². The number of nitrogens with zero attached hydrogens (tertiary/aromatic N) is 2. The average Bonchev–Trinajstić information content (AvgIpc) is 3.77. The molecule has 64 heavy (non-hydrogen) atoms. The highest BCUT2D eigenvalue weighted by molar-refractivity contribution is 6.12. The standard InChI is InChI=1S/C41H67N5O18/c1-55-16-17-56-18-19-57-20-21-58-22-23-59-24-25-60-26-27-61-28-29-62-30-31-63-32-35(48)42-13-3-2-6-33(44-34(47)7-5-15-45-36(49)9-10-37(45)50)41(54)43-14-4-8-40(53)64-46-38(51)11-12-39(46)52/h9-10,33H,2-8,11-32H2,1H3,(H,42,48)(H,43,54)(H,44,47)/t33-/m0/s1. The van der Waals surface area contributed by atoms with Crippen LogP contribution in [0.1, 0.15) is 57.8 Å². The molecule has 0 aromatic heterocycles. The number of hydroxylamine groups is 2. The fourth-order valence-corrected chi connectivity index (χ4v) is 5.56. The van der Waals surface area contributed by atoms with E-state index < -0.39 is 47.5 Å². The first kappa shape index (κ1) is 55.7. The number of rotatable bonds is 42. The molecule has 364 valence electrons.